The minimum atomic E-state index is 0.132. The van der Waals surface area contributed by atoms with E-state index in [4.69, 9.17) is 0 Å². The van der Waals surface area contributed by atoms with Gasteiger partial charge in [0.25, 0.3) is 0 Å². The van der Waals surface area contributed by atoms with Crippen LogP contribution in [0.25, 0.3) is 5.70 Å². The summed E-state index contributed by atoms with van der Waals surface area (Å²) in [6.07, 6.45) is 5.58. The van der Waals surface area contributed by atoms with Gasteiger partial charge in [-0.1, -0.05) is 82.8 Å². The molecule has 154 valence electrons. The number of benzene rings is 2. The van der Waals surface area contributed by atoms with Crippen molar-refractivity contribution in [1.82, 2.24) is 4.90 Å². The lowest BCUT2D eigenvalue weighted by atomic mass is 9.83. The molecule has 1 heterocycles. The molecular weight excluding hydrogens is 350 g/mol. The van der Waals surface area contributed by atoms with E-state index in [0.717, 1.165) is 19.5 Å². The Hall–Kier alpha value is -2.28. The number of likely N-dealkylation sites (tertiary alicyclic amines) is 1. The van der Waals surface area contributed by atoms with Crippen molar-refractivity contribution in [3.05, 3.63) is 90.0 Å². The fraction of sp³-hybridized carbons (Fsp3) is 0.429. The predicted molar refractivity (Wildman–Crippen MR) is 127 cm³/mol. The highest BCUT2D eigenvalue weighted by molar-refractivity contribution is 5.63. The molecule has 0 bridgehead atoms. The molecule has 1 heteroatoms. The van der Waals surface area contributed by atoms with Crippen LogP contribution in [-0.4, -0.2) is 18.0 Å². The predicted octanol–water partition coefficient (Wildman–Crippen LogP) is 7.42. The number of hydrogen-bond donors (Lipinski definition) is 0. The normalized spacial score (nSPS) is 17.4. The average Bonchev–Trinajstić information content (AvgIpc) is 2.73. The van der Waals surface area contributed by atoms with Crippen molar-refractivity contribution in [2.24, 2.45) is 5.41 Å². The zero-order valence-corrected chi connectivity index (χ0v) is 18.7. The highest BCUT2D eigenvalue weighted by Crippen LogP contribution is 2.33. The van der Waals surface area contributed by atoms with E-state index in [1.54, 1.807) is 0 Å². The van der Waals surface area contributed by atoms with E-state index < -0.39 is 0 Å². The molecule has 0 aliphatic carbocycles. The quantitative estimate of drug-likeness (QED) is 0.447. The maximum Gasteiger partial charge on any atom is 0.0367 e. The summed E-state index contributed by atoms with van der Waals surface area (Å²) in [5, 5.41) is 0. The van der Waals surface area contributed by atoms with Gasteiger partial charge in [0.1, 0.15) is 0 Å². The maximum absolute atomic E-state index is 4.47. The largest absolute Gasteiger partial charge is 0.371 e. The van der Waals surface area contributed by atoms with Crippen LogP contribution in [0, 0.1) is 5.41 Å². The second-order valence-electron chi connectivity index (χ2n) is 9.63. The standard InChI is InChI=1S/C28H37N/c1-7-28(5,6)19-23-11-8-14-26(17-23)27-15-10-16-29(20-27)22(4)25-13-9-12-24(18-25)21(2)3/h7-9,11-14,17-18,21,27H,1,4,10,15-16,19-20H2,2-3,5-6H3. The van der Waals surface area contributed by atoms with Crippen molar-refractivity contribution in [2.75, 3.05) is 13.1 Å². The summed E-state index contributed by atoms with van der Waals surface area (Å²) in [5.74, 6) is 1.11. The molecule has 0 spiro atoms. The topological polar surface area (TPSA) is 3.24 Å². The number of rotatable bonds is 7. The summed E-state index contributed by atoms with van der Waals surface area (Å²) in [6, 6.07) is 18.1. The molecule has 0 N–H and O–H groups in total. The molecule has 0 saturated carbocycles. The van der Waals surface area contributed by atoms with Crippen molar-refractivity contribution in [3.8, 4) is 0 Å². The lowest BCUT2D eigenvalue weighted by Gasteiger charge is -2.36. The van der Waals surface area contributed by atoms with Crippen molar-refractivity contribution >= 4 is 5.70 Å². The van der Waals surface area contributed by atoms with E-state index >= 15 is 0 Å². The zero-order valence-electron chi connectivity index (χ0n) is 18.7. The monoisotopic (exact) mass is 387 g/mol. The molecule has 1 aliphatic rings. The van der Waals surface area contributed by atoms with E-state index in [9.17, 15) is 0 Å². The lowest BCUT2D eigenvalue weighted by molar-refractivity contribution is 0.295. The molecule has 1 unspecified atom stereocenters. The number of nitrogens with zero attached hydrogens (tertiary/aromatic N) is 1. The van der Waals surface area contributed by atoms with Crippen LogP contribution >= 0.6 is 0 Å². The molecule has 1 aliphatic heterocycles. The Kier molecular flexibility index (Phi) is 6.67. The van der Waals surface area contributed by atoms with Crippen LogP contribution in [-0.2, 0) is 6.42 Å². The van der Waals surface area contributed by atoms with Crippen LogP contribution in [0.3, 0.4) is 0 Å². The summed E-state index contributed by atoms with van der Waals surface area (Å²) in [4.78, 5) is 2.49. The number of hydrogen-bond acceptors (Lipinski definition) is 1. The van der Waals surface area contributed by atoms with Gasteiger partial charge in [-0.2, -0.15) is 0 Å². The Bertz CT molecular complexity index is 858. The van der Waals surface area contributed by atoms with Gasteiger partial charge >= 0.3 is 0 Å². The molecule has 0 amide bonds. The fourth-order valence-corrected chi connectivity index (χ4v) is 4.31. The van der Waals surface area contributed by atoms with Gasteiger partial charge < -0.3 is 4.90 Å². The van der Waals surface area contributed by atoms with Gasteiger partial charge in [-0.25, -0.2) is 0 Å². The highest BCUT2D eigenvalue weighted by Gasteiger charge is 2.23. The first-order valence-corrected chi connectivity index (χ1v) is 11.1. The first kappa shape index (κ1) is 21.4. The van der Waals surface area contributed by atoms with E-state index in [2.05, 4.69) is 100 Å². The first-order valence-electron chi connectivity index (χ1n) is 11.1. The van der Waals surface area contributed by atoms with Gasteiger partial charge in [0.15, 0.2) is 0 Å². The molecule has 3 rings (SSSR count). The third-order valence-electron chi connectivity index (χ3n) is 6.32. The Morgan fingerprint density at radius 1 is 1.17 bits per heavy atom. The Morgan fingerprint density at radius 3 is 2.66 bits per heavy atom. The van der Waals surface area contributed by atoms with Crippen LogP contribution in [0.4, 0.5) is 0 Å². The third kappa shape index (κ3) is 5.41. The molecule has 2 aromatic rings. The Labute approximate surface area is 178 Å². The van der Waals surface area contributed by atoms with E-state index in [1.165, 1.54) is 40.8 Å². The van der Waals surface area contributed by atoms with E-state index in [1.807, 2.05) is 0 Å². The van der Waals surface area contributed by atoms with Crippen LogP contribution in [0.2, 0.25) is 0 Å². The van der Waals surface area contributed by atoms with Gasteiger partial charge in [-0.15, -0.1) is 6.58 Å². The minimum absolute atomic E-state index is 0.132. The first-order chi connectivity index (χ1) is 13.8. The van der Waals surface area contributed by atoms with Crippen molar-refractivity contribution < 1.29 is 0 Å². The molecule has 0 aromatic heterocycles. The fourth-order valence-electron chi connectivity index (χ4n) is 4.31. The van der Waals surface area contributed by atoms with Gasteiger partial charge in [-0.05, 0) is 58.9 Å². The third-order valence-corrected chi connectivity index (χ3v) is 6.32. The Morgan fingerprint density at radius 2 is 1.93 bits per heavy atom. The van der Waals surface area contributed by atoms with Crippen LogP contribution in [0.1, 0.15) is 74.6 Å². The molecule has 2 aromatic carbocycles. The highest BCUT2D eigenvalue weighted by atomic mass is 15.1. The lowest BCUT2D eigenvalue weighted by Crippen LogP contribution is -2.32. The molecule has 1 fully saturated rings. The van der Waals surface area contributed by atoms with Crippen molar-refractivity contribution in [3.63, 3.8) is 0 Å². The molecular formula is C28H37N. The second-order valence-corrected chi connectivity index (χ2v) is 9.63. The summed E-state index contributed by atoms with van der Waals surface area (Å²) in [7, 11) is 0. The van der Waals surface area contributed by atoms with E-state index in [-0.39, 0.29) is 5.41 Å². The smallest absolute Gasteiger partial charge is 0.0367 e. The number of piperidine rings is 1. The summed E-state index contributed by atoms with van der Waals surface area (Å²) in [6.45, 7) is 19.6. The van der Waals surface area contributed by atoms with Crippen molar-refractivity contribution in [1.29, 1.82) is 0 Å². The zero-order chi connectivity index (χ0) is 21.0. The van der Waals surface area contributed by atoms with Crippen molar-refractivity contribution in [2.45, 2.75) is 58.8 Å². The van der Waals surface area contributed by atoms with Crippen LogP contribution in [0.15, 0.2) is 67.8 Å². The van der Waals surface area contributed by atoms with E-state index in [0.29, 0.717) is 11.8 Å². The maximum atomic E-state index is 4.47. The van der Waals surface area contributed by atoms with Gasteiger partial charge in [0.2, 0.25) is 0 Å². The molecule has 1 saturated heterocycles. The average molecular weight is 388 g/mol. The van der Waals surface area contributed by atoms with Gasteiger partial charge in [-0.3, -0.25) is 0 Å². The van der Waals surface area contributed by atoms with Crippen LogP contribution < -0.4 is 0 Å². The number of allylic oxidation sites excluding steroid dienone is 1. The van der Waals surface area contributed by atoms with Gasteiger partial charge in [0, 0.05) is 24.7 Å². The summed E-state index contributed by atoms with van der Waals surface area (Å²) >= 11 is 0. The SMILES string of the molecule is C=CC(C)(C)Cc1cccc(C2CCCN(C(=C)c3cccc(C(C)C)c3)C2)c1. The minimum Gasteiger partial charge on any atom is -0.371 e. The molecule has 1 atom stereocenters. The van der Waals surface area contributed by atoms with Gasteiger partial charge in [0.05, 0.1) is 0 Å². The Balaban J connectivity index is 1.75. The van der Waals surface area contributed by atoms with Crippen LogP contribution in [0.5, 0.6) is 0 Å². The molecule has 29 heavy (non-hydrogen) atoms. The molecule has 0 radical (unpaired) electrons. The molecule has 1 nitrogen and oxygen atoms in total. The second kappa shape index (κ2) is 9.03. The summed E-state index contributed by atoms with van der Waals surface area (Å²) < 4.78 is 0. The summed E-state index contributed by atoms with van der Waals surface area (Å²) in [5.41, 5.74) is 6.82.